The monoisotopic (exact) mass is 433 g/mol. The van der Waals surface area contributed by atoms with Gasteiger partial charge in [-0.25, -0.2) is 0 Å². The zero-order chi connectivity index (χ0) is 22.2. The molecule has 1 aliphatic heterocycles. The lowest BCUT2D eigenvalue weighted by Crippen LogP contribution is -2.41. The summed E-state index contributed by atoms with van der Waals surface area (Å²) in [4.78, 5) is 31.3. The molecule has 4 rings (SSSR count). The van der Waals surface area contributed by atoms with Crippen LogP contribution < -0.4 is 10.1 Å². The second-order valence-electron chi connectivity index (χ2n) is 8.51. The third-order valence-corrected chi connectivity index (χ3v) is 6.11. The number of carbonyl (C=O) groups is 2. The minimum atomic E-state index is -0.154. The van der Waals surface area contributed by atoms with E-state index >= 15 is 0 Å². The summed E-state index contributed by atoms with van der Waals surface area (Å²) in [6.07, 6.45) is 10.8. The van der Waals surface area contributed by atoms with Crippen molar-refractivity contribution in [1.82, 2.24) is 15.2 Å². The third kappa shape index (κ3) is 6.19. The molecule has 2 aromatic rings. The summed E-state index contributed by atoms with van der Waals surface area (Å²) in [5.41, 5.74) is 2.68. The summed E-state index contributed by atoms with van der Waals surface area (Å²) in [6.45, 7) is 1.83. The summed E-state index contributed by atoms with van der Waals surface area (Å²) in [5, 5.41) is 2.89. The van der Waals surface area contributed by atoms with Crippen molar-refractivity contribution in [2.75, 3.05) is 13.1 Å². The van der Waals surface area contributed by atoms with Gasteiger partial charge < -0.3 is 15.0 Å². The Balaban J connectivity index is 1.24. The fraction of sp³-hybridized carbons (Fsp3) is 0.423. The van der Waals surface area contributed by atoms with Crippen LogP contribution in [0.2, 0.25) is 0 Å². The van der Waals surface area contributed by atoms with Crippen molar-refractivity contribution in [2.24, 2.45) is 0 Å². The van der Waals surface area contributed by atoms with Crippen molar-refractivity contribution in [1.29, 1.82) is 0 Å². The smallest absolute Gasteiger partial charge is 0.251 e. The zero-order valence-corrected chi connectivity index (χ0v) is 18.5. The predicted molar refractivity (Wildman–Crippen MR) is 123 cm³/mol. The van der Waals surface area contributed by atoms with E-state index in [0.29, 0.717) is 24.3 Å². The van der Waals surface area contributed by atoms with Crippen molar-refractivity contribution < 1.29 is 14.3 Å². The number of pyridine rings is 1. The lowest BCUT2D eigenvalue weighted by Gasteiger charge is -2.32. The van der Waals surface area contributed by atoms with Crippen molar-refractivity contribution in [3.63, 3.8) is 0 Å². The highest BCUT2D eigenvalue weighted by molar-refractivity contribution is 5.94. The minimum Gasteiger partial charge on any atom is -0.490 e. The lowest BCUT2D eigenvalue weighted by atomic mass is 9.96. The van der Waals surface area contributed by atoms with E-state index in [2.05, 4.69) is 16.4 Å². The first kappa shape index (κ1) is 22.1. The second kappa shape index (κ2) is 10.9. The van der Waals surface area contributed by atoms with Crippen LogP contribution in [0.1, 0.15) is 61.0 Å². The van der Waals surface area contributed by atoms with Gasteiger partial charge in [-0.05, 0) is 56.0 Å². The molecule has 1 saturated heterocycles. The quantitative estimate of drug-likeness (QED) is 0.662. The van der Waals surface area contributed by atoms with Gasteiger partial charge in [0.05, 0.1) is 12.2 Å². The Bertz CT molecular complexity index is 950. The lowest BCUT2D eigenvalue weighted by molar-refractivity contribution is -0.132. The van der Waals surface area contributed by atoms with Gasteiger partial charge in [-0.1, -0.05) is 23.8 Å². The van der Waals surface area contributed by atoms with Gasteiger partial charge in [0, 0.05) is 44.1 Å². The molecular weight excluding hydrogens is 402 g/mol. The van der Waals surface area contributed by atoms with Crippen LogP contribution in [-0.4, -0.2) is 40.9 Å². The molecule has 168 valence electrons. The number of amides is 2. The number of allylic oxidation sites excluding steroid dienone is 1. The van der Waals surface area contributed by atoms with Crippen LogP contribution in [0.25, 0.3) is 0 Å². The molecule has 2 amide bonds. The standard InChI is InChI=1S/C26H31N3O3/c30-25(17-20-7-2-1-3-8-20)29-15-12-23(13-16-29)32-24-11-6-9-21(18-24)26(31)28-19-22-10-4-5-14-27-22/h4-7,9-11,14,18,23H,1-3,8,12-13,15-17,19H2,(H,28,31). The number of aromatic nitrogens is 1. The van der Waals surface area contributed by atoms with Gasteiger partial charge in [0.2, 0.25) is 5.91 Å². The Morgan fingerprint density at radius 2 is 1.97 bits per heavy atom. The van der Waals surface area contributed by atoms with Crippen molar-refractivity contribution >= 4 is 11.8 Å². The number of hydrogen-bond donors (Lipinski definition) is 1. The molecule has 0 spiro atoms. The number of carbonyl (C=O) groups excluding carboxylic acids is 2. The van der Waals surface area contributed by atoms with Gasteiger partial charge in [-0.15, -0.1) is 0 Å². The van der Waals surface area contributed by atoms with E-state index in [1.807, 2.05) is 35.2 Å². The molecule has 32 heavy (non-hydrogen) atoms. The molecule has 0 bridgehead atoms. The first-order chi connectivity index (χ1) is 15.7. The number of benzene rings is 1. The van der Waals surface area contributed by atoms with Gasteiger partial charge in [0.15, 0.2) is 0 Å². The molecule has 6 nitrogen and oxygen atoms in total. The molecule has 0 unspecified atom stereocenters. The fourth-order valence-corrected chi connectivity index (χ4v) is 4.27. The summed E-state index contributed by atoms with van der Waals surface area (Å²) in [7, 11) is 0. The number of likely N-dealkylation sites (tertiary alicyclic amines) is 1. The maximum absolute atomic E-state index is 12.6. The molecule has 1 aliphatic carbocycles. The Kier molecular flexibility index (Phi) is 7.54. The average molecular weight is 434 g/mol. The Labute approximate surface area is 189 Å². The number of nitrogens with zero attached hydrogens (tertiary/aromatic N) is 2. The first-order valence-corrected chi connectivity index (χ1v) is 11.6. The van der Waals surface area contributed by atoms with Crippen molar-refractivity contribution in [3.8, 4) is 5.75 Å². The maximum Gasteiger partial charge on any atom is 0.251 e. The normalized spacial score (nSPS) is 16.9. The maximum atomic E-state index is 12.6. The molecule has 2 aliphatic rings. The van der Waals surface area contributed by atoms with E-state index in [4.69, 9.17) is 4.74 Å². The molecule has 0 atom stereocenters. The zero-order valence-electron chi connectivity index (χ0n) is 18.5. The number of nitrogens with one attached hydrogen (secondary N) is 1. The molecule has 2 heterocycles. The molecular formula is C26H31N3O3. The highest BCUT2D eigenvalue weighted by Gasteiger charge is 2.24. The van der Waals surface area contributed by atoms with E-state index in [1.54, 1.807) is 18.3 Å². The minimum absolute atomic E-state index is 0.0553. The molecule has 6 heteroatoms. The molecule has 0 saturated carbocycles. The molecule has 0 radical (unpaired) electrons. The number of ether oxygens (including phenoxy) is 1. The predicted octanol–water partition coefficient (Wildman–Crippen LogP) is 4.27. The van der Waals surface area contributed by atoms with Crippen LogP contribution in [0.3, 0.4) is 0 Å². The van der Waals surface area contributed by atoms with Crippen LogP contribution in [0.15, 0.2) is 60.3 Å². The van der Waals surface area contributed by atoms with Crippen LogP contribution >= 0.6 is 0 Å². The Hall–Kier alpha value is -3.15. The molecule has 1 N–H and O–H groups in total. The Morgan fingerprint density at radius 1 is 1.09 bits per heavy atom. The van der Waals surface area contributed by atoms with Crippen molar-refractivity contribution in [2.45, 2.75) is 57.6 Å². The summed E-state index contributed by atoms with van der Waals surface area (Å²) >= 11 is 0. The number of rotatable bonds is 7. The number of piperidine rings is 1. The van der Waals surface area contributed by atoms with Crippen molar-refractivity contribution in [3.05, 3.63) is 71.6 Å². The van der Waals surface area contributed by atoms with Crippen LogP contribution in [-0.2, 0) is 11.3 Å². The topological polar surface area (TPSA) is 71.5 Å². The van der Waals surface area contributed by atoms with Crippen LogP contribution in [0, 0.1) is 0 Å². The molecule has 1 fully saturated rings. The van der Waals surface area contributed by atoms with Gasteiger partial charge in [0.25, 0.3) is 5.91 Å². The SMILES string of the molecule is O=C(NCc1ccccn1)c1cccc(OC2CCN(C(=O)CC3=CCCCC3)CC2)c1. The summed E-state index contributed by atoms with van der Waals surface area (Å²) in [6, 6.07) is 12.9. The first-order valence-electron chi connectivity index (χ1n) is 11.6. The Morgan fingerprint density at radius 3 is 2.72 bits per heavy atom. The van der Waals surface area contributed by atoms with E-state index in [9.17, 15) is 9.59 Å². The molecule has 1 aromatic carbocycles. The highest BCUT2D eigenvalue weighted by atomic mass is 16.5. The van der Waals surface area contributed by atoms with E-state index < -0.39 is 0 Å². The van der Waals surface area contributed by atoms with Gasteiger partial charge >= 0.3 is 0 Å². The fourth-order valence-electron chi connectivity index (χ4n) is 4.27. The largest absolute Gasteiger partial charge is 0.490 e. The summed E-state index contributed by atoms with van der Waals surface area (Å²) in [5.74, 6) is 0.773. The third-order valence-electron chi connectivity index (χ3n) is 6.11. The van der Waals surface area contributed by atoms with E-state index in [0.717, 1.165) is 44.5 Å². The highest BCUT2D eigenvalue weighted by Crippen LogP contribution is 2.24. The van der Waals surface area contributed by atoms with Gasteiger partial charge in [-0.3, -0.25) is 14.6 Å². The van der Waals surface area contributed by atoms with Gasteiger partial charge in [-0.2, -0.15) is 0 Å². The van der Waals surface area contributed by atoms with Crippen LogP contribution in [0.4, 0.5) is 0 Å². The van der Waals surface area contributed by atoms with E-state index in [1.165, 1.54) is 18.4 Å². The van der Waals surface area contributed by atoms with Crippen LogP contribution in [0.5, 0.6) is 5.75 Å². The number of hydrogen-bond acceptors (Lipinski definition) is 4. The summed E-state index contributed by atoms with van der Waals surface area (Å²) < 4.78 is 6.15. The van der Waals surface area contributed by atoms with Gasteiger partial charge in [0.1, 0.15) is 11.9 Å². The second-order valence-corrected chi connectivity index (χ2v) is 8.51. The van der Waals surface area contributed by atoms with E-state index in [-0.39, 0.29) is 17.9 Å². The average Bonchev–Trinajstić information content (AvgIpc) is 2.84. The molecule has 1 aromatic heterocycles.